The van der Waals surface area contributed by atoms with Crippen LogP contribution in [0.4, 0.5) is 5.69 Å². The zero-order valence-electron chi connectivity index (χ0n) is 14.1. The lowest BCUT2D eigenvalue weighted by Crippen LogP contribution is -2.24. The standard InChI is InChI=1S/C19H18N4O2/c1-12-7-13(2)9-16(8-12)23-11-15(10-17(23)24)19-21-18(22-25-19)14-3-5-20-6-4-14/h3-9,15H,10-11H2,1-2H3/t15-/m0/s1. The Morgan fingerprint density at radius 3 is 2.56 bits per heavy atom. The number of pyridine rings is 1. The Kier molecular flexibility index (Phi) is 3.80. The third kappa shape index (κ3) is 3.03. The molecule has 0 spiro atoms. The predicted molar refractivity (Wildman–Crippen MR) is 93.2 cm³/mol. The lowest BCUT2D eigenvalue weighted by Gasteiger charge is -2.17. The Morgan fingerprint density at radius 1 is 1.12 bits per heavy atom. The van der Waals surface area contributed by atoms with Crippen molar-refractivity contribution in [2.24, 2.45) is 0 Å². The molecule has 0 N–H and O–H groups in total. The van der Waals surface area contributed by atoms with E-state index in [4.69, 9.17) is 4.52 Å². The summed E-state index contributed by atoms with van der Waals surface area (Å²) in [6, 6.07) is 9.82. The molecule has 25 heavy (non-hydrogen) atoms. The summed E-state index contributed by atoms with van der Waals surface area (Å²) in [6.45, 7) is 4.63. The van der Waals surface area contributed by atoms with Crippen molar-refractivity contribution in [2.75, 3.05) is 11.4 Å². The molecular formula is C19H18N4O2. The molecule has 0 saturated carbocycles. The fraction of sp³-hybridized carbons (Fsp3) is 0.263. The van der Waals surface area contributed by atoms with E-state index < -0.39 is 0 Å². The van der Waals surface area contributed by atoms with Crippen LogP contribution in [0.5, 0.6) is 0 Å². The number of hydrogen-bond donors (Lipinski definition) is 0. The van der Waals surface area contributed by atoms with E-state index in [1.165, 1.54) is 0 Å². The molecule has 126 valence electrons. The van der Waals surface area contributed by atoms with Crippen molar-refractivity contribution in [3.8, 4) is 11.4 Å². The van der Waals surface area contributed by atoms with Gasteiger partial charge in [-0.15, -0.1) is 0 Å². The van der Waals surface area contributed by atoms with Crippen LogP contribution in [0.25, 0.3) is 11.4 Å². The van der Waals surface area contributed by atoms with E-state index in [2.05, 4.69) is 21.2 Å². The largest absolute Gasteiger partial charge is 0.339 e. The fourth-order valence-corrected chi connectivity index (χ4v) is 3.25. The van der Waals surface area contributed by atoms with Gasteiger partial charge in [0.05, 0.1) is 5.92 Å². The molecule has 6 nitrogen and oxygen atoms in total. The van der Waals surface area contributed by atoms with Crippen molar-refractivity contribution in [3.05, 3.63) is 59.7 Å². The van der Waals surface area contributed by atoms with Crippen LogP contribution >= 0.6 is 0 Å². The van der Waals surface area contributed by atoms with Crippen molar-refractivity contribution in [1.82, 2.24) is 15.1 Å². The summed E-state index contributed by atoms with van der Waals surface area (Å²) in [5, 5.41) is 4.04. The van der Waals surface area contributed by atoms with E-state index in [1.807, 2.05) is 38.1 Å². The monoisotopic (exact) mass is 334 g/mol. The van der Waals surface area contributed by atoms with Crippen LogP contribution in [0.3, 0.4) is 0 Å². The SMILES string of the molecule is Cc1cc(C)cc(N2C[C@@H](c3nc(-c4ccncc4)no3)CC2=O)c1. The van der Waals surface area contributed by atoms with Gasteiger partial charge >= 0.3 is 0 Å². The van der Waals surface area contributed by atoms with E-state index in [0.717, 1.165) is 22.4 Å². The number of carbonyl (C=O) groups excluding carboxylic acids is 1. The van der Waals surface area contributed by atoms with Crippen molar-refractivity contribution in [1.29, 1.82) is 0 Å². The molecule has 0 bridgehead atoms. The van der Waals surface area contributed by atoms with Gasteiger partial charge in [-0.05, 0) is 49.2 Å². The van der Waals surface area contributed by atoms with Gasteiger partial charge in [0.1, 0.15) is 0 Å². The van der Waals surface area contributed by atoms with E-state index in [-0.39, 0.29) is 11.8 Å². The van der Waals surface area contributed by atoms with Crippen LogP contribution in [0.15, 0.2) is 47.2 Å². The Hall–Kier alpha value is -3.02. The lowest BCUT2D eigenvalue weighted by molar-refractivity contribution is -0.117. The quantitative estimate of drug-likeness (QED) is 0.735. The molecule has 6 heteroatoms. The number of anilines is 1. The minimum Gasteiger partial charge on any atom is -0.339 e. The summed E-state index contributed by atoms with van der Waals surface area (Å²) < 4.78 is 5.42. The third-order valence-electron chi connectivity index (χ3n) is 4.37. The summed E-state index contributed by atoms with van der Waals surface area (Å²) in [5.41, 5.74) is 4.06. The van der Waals surface area contributed by atoms with Gasteiger partial charge in [-0.25, -0.2) is 0 Å². The van der Waals surface area contributed by atoms with Crippen LogP contribution < -0.4 is 4.90 Å². The van der Waals surface area contributed by atoms with Gasteiger partial charge in [-0.2, -0.15) is 4.98 Å². The molecule has 1 atom stereocenters. The molecule has 1 saturated heterocycles. The molecule has 0 radical (unpaired) electrons. The van der Waals surface area contributed by atoms with E-state index in [1.54, 1.807) is 17.3 Å². The van der Waals surface area contributed by atoms with Crippen LogP contribution in [0.1, 0.15) is 29.4 Å². The number of carbonyl (C=O) groups is 1. The molecule has 1 aliphatic heterocycles. The van der Waals surface area contributed by atoms with Crippen molar-refractivity contribution in [3.63, 3.8) is 0 Å². The highest BCUT2D eigenvalue weighted by Crippen LogP contribution is 2.32. The number of nitrogens with zero attached hydrogens (tertiary/aromatic N) is 4. The highest BCUT2D eigenvalue weighted by molar-refractivity contribution is 5.96. The molecule has 1 aromatic carbocycles. The minimum atomic E-state index is -0.0867. The maximum atomic E-state index is 12.5. The summed E-state index contributed by atoms with van der Waals surface area (Å²) in [5.74, 6) is 1.02. The van der Waals surface area contributed by atoms with Gasteiger partial charge in [0, 0.05) is 36.6 Å². The maximum Gasteiger partial charge on any atom is 0.232 e. The molecule has 0 unspecified atom stereocenters. The van der Waals surface area contributed by atoms with Crippen molar-refractivity contribution >= 4 is 11.6 Å². The highest BCUT2D eigenvalue weighted by atomic mass is 16.5. The fourth-order valence-electron chi connectivity index (χ4n) is 3.25. The first-order valence-electron chi connectivity index (χ1n) is 8.23. The number of aromatic nitrogens is 3. The Morgan fingerprint density at radius 2 is 1.84 bits per heavy atom. The summed E-state index contributed by atoms with van der Waals surface area (Å²) >= 11 is 0. The molecule has 3 heterocycles. The number of aryl methyl sites for hydroxylation is 2. The number of hydrogen-bond acceptors (Lipinski definition) is 5. The highest BCUT2D eigenvalue weighted by Gasteiger charge is 2.35. The van der Waals surface area contributed by atoms with Gasteiger partial charge < -0.3 is 9.42 Å². The zero-order chi connectivity index (χ0) is 17.4. The topological polar surface area (TPSA) is 72.1 Å². The summed E-state index contributed by atoms with van der Waals surface area (Å²) in [7, 11) is 0. The molecule has 1 fully saturated rings. The molecular weight excluding hydrogens is 316 g/mol. The minimum absolute atomic E-state index is 0.0821. The Bertz CT molecular complexity index is 900. The lowest BCUT2D eigenvalue weighted by atomic mass is 10.1. The molecule has 0 aliphatic carbocycles. The van der Waals surface area contributed by atoms with Gasteiger partial charge in [-0.3, -0.25) is 9.78 Å². The number of benzene rings is 1. The molecule has 1 aliphatic rings. The van der Waals surface area contributed by atoms with Crippen molar-refractivity contribution < 1.29 is 9.32 Å². The average Bonchev–Trinajstić information content (AvgIpc) is 3.21. The van der Waals surface area contributed by atoms with Gasteiger partial charge in [0.15, 0.2) is 0 Å². The van der Waals surface area contributed by atoms with Crippen molar-refractivity contribution in [2.45, 2.75) is 26.2 Å². The second-order valence-electron chi connectivity index (χ2n) is 6.44. The maximum absolute atomic E-state index is 12.5. The van der Waals surface area contributed by atoms with Gasteiger partial charge in [0.2, 0.25) is 17.6 Å². The summed E-state index contributed by atoms with van der Waals surface area (Å²) in [6.07, 6.45) is 3.75. The van der Waals surface area contributed by atoms with Crippen LogP contribution in [-0.4, -0.2) is 27.6 Å². The Labute approximate surface area is 145 Å². The average molecular weight is 334 g/mol. The summed E-state index contributed by atoms with van der Waals surface area (Å²) in [4.78, 5) is 22.8. The predicted octanol–water partition coefficient (Wildman–Crippen LogP) is 3.27. The number of rotatable bonds is 3. The smallest absolute Gasteiger partial charge is 0.232 e. The Balaban J connectivity index is 1.57. The third-order valence-corrected chi connectivity index (χ3v) is 4.37. The van der Waals surface area contributed by atoms with E-state index in [0.29, 0.717) is 24.7 Å². The first-order chi connectivity index (χ1) is 12.1. The second kappa shape index (κ2) is 6.12. The van der Waals surface area contributed by atoms with Gasteiger partial charge in [-0.1, -0.05) is 11.2 Å². The normalized spacial score (nSPS) is 17.3. The molecule has 1 amide bonds. The van der Waals surface area contributed by atoms with E-state index in [9.17, 15) is 4.79 Å². The van der Waals surface area contributed by atoms with E-state index >= 15 is 0 Å². The van der Waals surface area contributed by atoms with Crippen LogP contribution in [0.2, 0.25) is 0 Å². The van der Waals surface area contributed by atoms with Gasteiger partial charge in [0.25, 0.3) is 0 Å². The number of amides is 1. The zero-order valence-corrected chi connectivity index (χ0v) is 14.1. The van der Waals surface area contributed by atoms with Crippen LogP contribution in [-0.2, 0) is 4.79 Å². The molecule has 3 aromatic rings. The first-order valence-corrected chi connectivity index (χ1v) is 8.23. The second-order valence-corrected chi connectivity index (χ2v) is 6.44. The first kappa shape index (κ1) is 15.5. The van der Waals surface area contributed by atoms with Crippen LogP contribution in [0, 0.1) is 13.8 Å². The molecule has 4 rings (SSSR count). The molecule has 2 aromatic heterocycles.